The maximum Gasteiger partial charge on any atom is 0.335 e. The van der Waals surface area contributed by atoms with Gasteiger partial charge in [0.25, 0.3) is 5.91 Å². The number of amides is 2. The molecule has 3 aromatic rings. The van der Waals surface area contributed by atoms with Gasteiger partial charge in [0.2, 0.25) is 5.91 Å². The third-order valence-corrected chi connectivity index (χ3v) is 4.24. The number of carboxylic acid groups (broad SMARTS) is 1. The number of rotatable bonds is 6. The largest absolute Gasteiger partial charge is 0.478 e. The van der Waals surface area contributed by atoms with Gasteiger partial charge in [-0.2, -0.15) is 5.10 Å². The van der Waals surface area contributed by atoms with Crippen LogP contribution in [0.1, 0.15) is 33.4 Å². The van der Waals surface area contributed by atoms with E-state index in [1.807, 2.05) is 0 Å². The van der Waals surface area contributed by atoms with Gasteiger partial charge in [-0.25, -0.2) is 10.2 Å². The second-order valence-corrected chi connectivity index (χ2v) is 6.57. The number of nitrogens with zero attached hydrogens (tertiary/aromatic N) is 1. The standard InChI is InChI=1S/C21H16ClN3O5/c1-12(26)24-15-4-2-3-13(9-15)20(27)25-23-11-16-6-8-19(30-16)17-10-14(21(28)29)5-7-18(17)22/h2-11H,1H3,(H,24,26)(H,25,27)(H,28,29)/b23-11-. The van der Waals surface area contributed by atoms with Gasteiger partial charge in [-0.3, -0.25) is 9.59 Å². The molecule has 0 radical (unpaired) electrons. The molecule has 0 spiro atoms. The monoisotopic (exact) mass is 425 g/mol. The Morgan fingerprint density at radius 3 is 2.60 bits per heavy atom. The molecular formula is C21H16ClN3O5. The molecule has 0 aliphatic rings. The minimum atomic E-state index is -1.08. The first-order valence-electron chi connectivity index (χ1n) is 8.67. The lowest BCUT2D eigenvalue weighted by Crippen LogP contribution is -2.18. The number of aromatic carboxylic acids is 1. The van der Waals surface area contributed by atoms with E-state index in [2.05, 4.69) is 15.8 Å². The van der Waals surface area contributed by atoms with Gasteiger partial charge in [0.15, 0.2) is 0 Å². The Morgan fingerprint density at radius 1 is 1.07 bits per heavy atom. The van der Waals surface area contributed by atoms with Crippen LogP contribution in [0.5, 0.6) is 0 Å². The van der Waals surface area contributed by atoms with Crippen LogP contribution in [0.2, 0.25) is 5.02 Å². The van der Waals surface area contributed by atoms with Gasteiger partial charge in [-0.1, -0.05) is 17.7 Å². The van der Waals surface area contributed by atoms with Gasteiger partial charge in [-0.15, -0.1) is 0 Å². The zero-order valence-corrected chi connectivity index (χ0v) is 16.4. The summed E-state index contributed by atoms with van der Waals surface area (Å²) in [5.74, 6) is -1.10. The van der Waals surface area contributed by atoms with Crippen LogP contribution in [-0.4, -0.2) is 29.1 Å². The highest BCUT2D eigenvalue weighted by Gasteiger charge is 2.12. The second-order valence-electron chi connectivity index (χ2n) is 6.16. The Balaban J connectivity index is 1.69. The van der Waals surface area contributed by atoms with E-state index in [4.69, 9.17) is 21.1 Å². The van der Waals surface area contributed by atoms with Crippen LogP contribution >= 0.6 is 11.6 Å². The molecule has 3 rings (SSSR count). The predicted molar refractivity (Wildman–Crippen MR) is 112 cm³/mol. The first kappa shape index (κ1) is 20.8. The van der Waals surface area contributed by atoms with Crippen LogP contribution in [0, 0.1) is 0 Å². The van der Waals surface area contributed by atoms with Gasteiger partial charge < -0.3 is 14.8 Å². The molecule has 30 heavy (non-hydrogen) atoms. The summed E-state index contributed by atoms with van der Waals surface area (Å²) in [4.78, 5) is 34.5. The van der Waals surface area contributed by atoms with Crippen molar-refractivity contribution in [3.8, 4) is 11.3 Å². The molecule has 0 aliphatic carbocycles. The molecule has 0 aliphatic heterocycles. The Morgan fingerprint density at radius 2 is 1.87 bits per heavy atom. The molecule has 0 unspecified atom stereocenters. The molecule has 1 aromatic heterocycles. The number of carbonyl (C=O) groups is 3. The smallest absolute Gasteiger partial charge is 0.335 e. The Labute approximate surface area is 176 Å². The van der Waals surface area contributed by atoms with Crippen molar-refractivity contribution in [3.63, 3.8) is 0 Å². The average Bonchev–Trinajstić information content (AvgIpc) is 3.16. The van der Waals surface area contributed by atoms with Gasteiger partial charge >= 0.3 is 5.97 Å². The molecule has 1 heterocycles. The van der Waals surface area contributed by atoms with Gasteiger partial charge in [-0.05, 0) is 48.5 Å². The fraction of sp³-hybridized carbons (Fsp3) is 0.0476. The van der Waals surface area contributed by atoms with Crippen molar-refractivity contribution >= 4 is 41.3 Å². The molecule has 2 amide bonds. The zero-order chi connectivity index (χ0) is 21.7. The number of benzene rings is 2. The van der Waals surface area contributed by atoms with Crippen molar-refractivity contribution in [1.82, 2.24) is 5.43 Å². The summed E-state index contributed by atoms with van der Waals surface area (Å²) in [6, 6.07) is 13.9. The van der Waals surface area contributed by atoms with Crippen LogP contribution in [0.4, 0.5) is 5.69 Å². The number of carboxylic acids is 1. The molecule has 0 saturated heterocycles. The summed E-state index contributed by atoms with van der Waals surface area (Å²) in [5.41, 5.74) is 3.68. The molecule has 0 saturated carbocycles. The summed E-state index contributed by atoms with van der Waals surface area (Å²) >= 11 is 6.13. The molecule has 8 nitrogen and oxygen atoms in total. The van der Waals surface area contributed by atoms with E-state index in [1.54, 1.807) is 30.3 Å². The lowest BCUT2D eigenvalue weighted by Gasteiger charge is -2.04. The fourth-order valence-electron chi connectivity index (χ4n) is 2.57. The highest BCUT2D eigenvalue weighted by molar-refractivity contribution is 6.33. The predicted octanol–water partition coefficient (Wildman–Crippen LogP) is 4.02. The highest BCUT2D eigenvalue weighted by Crippen LogP contribution is 2.30. The highest BCUT2D eigenvalue weighted by atomic mass is 35.5. The van der Waals surface area contributed by atoms with Gasteiger partial charge in [0, 0.05) is 23.7 Å². The molecule has 2 aromatic carbocycles. The molecule has 9 heteroatoms. The number of hydrazone groups is 1. The number of carbonyl (C=O) groups excluding carboxylic acids is 2. The van der Waals surface area contributed by atoms with Crippen molar-refractivity contribution < 1.29 is 23.9 Å². The van der Waals surface area contributed by atoms with Crippen LogP contribution < -0.4 is 10.7 Å². The number of nitrogens with one attached hydrogen (secondary N) is 2. The lowest BCUT2D eigenvalue weighted by molar-refractivity contribution is -0.114. The van der Waals surface area contributed by atoms with Crippen LogP contribution in [0.15, 0.2) is 64.1 Å². The average molecular weight is 426 g/mol. The summed E-state index contributed by atoms with van der Waals surface area (Å²) in [6.07, 6.45) is 1.30. The summed E-state index contributed by atoms with van der Waals surface area (Å²) in [6.45, 7) is 1.37. The van der Waals surface area contributed by atoms with Crippen LogP contribution in [0.3, 0.4) is 0 Å². The van der Waals surface area contributed by atoms with Crippen molar-refractivity contribution in [1.29, 1.82) is 0 Å². The number of anilines is 1. The topological polar surface area (TPSA) is 121 Å². The van der Waals surface area contributed by atoms with E-state index in [-0.39, 0.29) is 11.5 Å². The first-order chi connectivity index (χ1) is 14.3. The molecule has 0 fully saturated rings. The Kier molecular flexibility index (Phi) is 6.29. The Hall–Kier alpha value is -3.91. The quantitative estimate of drug-likeness (QED) is 0.407. The SMILES string of the molecule is CC(=O)Nc1cccc(C(=O)N/N=C\c2ccc(-c3cc(C(=O)O)ccc3Cl)o2)c1. The first-order valence-corrected chi connectivity index (χ1v) is 9.05. The summed E-state index contributed by atoms with van der Waals surface area (Å²) in [5, 5.41) is 15.9. The van der Waals surface area contributed by atoms with Crippen molar-refractivity contribution in [3.05, 3.63) is 76.5 Å². The van der Waals surface area contributed by atoms with E-state index in [0.717, 1.165) is 0 Å². The maximum atomic E-state index is 12.2. The summed E-state index contributed by atoms with van der Waals surface area (Å²) in [7, 11) is 0. The Bertz CT molecular complexity index is 1150. The third kappa shape index (κ3) is 5.12. The van der Waals surface area contributed by atoms with Crippen molar-refractivity contribution in [2.45, 2.75) is 6.92 Å². The van der Waals surface area contributed by atoms with E-state index >= 15 is 0 Å². The van der Waals surface area contributed by atoms with Crippen LogP contribution in [0.25, 0.3) is 11.3 Å². The minimum absolute atomic E-state index is 0.0785. The number of halogens is 1. The van der Waals surface area contributed by atoms with Gasteiger partial charge in [0.1, 0.15) is 11.5 Å². The van der Waals surface area contributed by atoms with Crippen molar-refractivity contribution in [2.24, 2.45) is 5.10 Å². The molecule has 152 valence electrons. The third-order valence-electron chi connectivity index (χ3n) is 3.91. The van der Waals surface area contributed by atoms with E-state index in [9.17, 15) is 14.4 Å². The number of hydrogen-bond acceptors (Lipinski definition) is 5. The fourth-order valence-corrected chi connectivity index (χ4v) is 2.79. The summed E-state index contributed by atoms with van der Waals surface area (Å²) < 4.78 is 5.61. The molecule has 0 bridgehead atoms. The molecular weight excluding hydrogens is 410 g/mol. The van der Waals surface area contributed by atoms with E-state index in [0.29, 0.717) is 33.4 Å². The maximum absolute atomic E-state index is 12.2. The zero-order valence-electron chi connectivity index (χ0n) is 15.7. The van der Waals surface area contributed by atoms with E-state index in [1.165, 1.54) is 37.4 Å². The van der Waals surface area contributed by atoms with E-state index < -0.39 is 11.9 Å². The number of hydrogen-bond donors (Lipinski definition) is 3. The molecule has 3 N–H and O–H groups in total. The minimum Gasteiger partial charge on any atom is -0.478 e. The second kappa shape index (κ2) is 9.06. The van der Waals surface area contributed by atoms with Crippen molar-refractivity contribution in [2.75, 3.05) is 5.32 Å². The van der Waals surface area contributed by atoms with Crippen LogP contribution in [-0.2, 0) is 4.79 Å². The normalized spacial score (nSPS) is 10.7. The molecule has 0 atom stereocenters. The number of furan rings is 1. The van der Waals surface area contributed by atoms with Gasteiger partial charge in [0.05, 0.1) is 16.8 Å². The lowest BCUT2D eigenvalue weighted by atomic mass is 10.1.